The molecule has 1 N–H and O–H groups in total. The SMILES string of the molecule is COc1ccc(Cl)cc1NC(=O)c1ccc(-n2ccnc2C)nn1. The number of aryl methyl sites for hydroxylation is 1. The number of nitrogens with one attached hydrogen (secondary N) is 1. The van der Waals surface area contributed by atoms with Crippen LogP contribution in [0.15, 0.2) is 42.7 Å². The van der Waals surface area contributed by atoms with Gasteiger partial charge in [0.2, 0.25) is 0 Å². The van der Waals surface area contributed by atoms with Gasteiger partial charge < -0.3 is 10.1 Å². The van der Waals surface area contributed by atoms with Gasteiger partial charge in [-0.2, -0.15) is 0 Å². The summed E-state index contributed by atoms with van der Waals surface area (Å²) in [7, 11) is 1.51. The van der Waals surface area contributed by atoms with E-state index in [9.17, 15) is 4.79 Å². The second-order valence-electron chi connectivity index (χ2n) is 4.92. The van der Waals surface area contributed by atoms with Gasteiger partial charge >= 0.3 is 0 Å². The van der Waals surface area contributed by atoms with E-state index in [0.29, 0.717) is 22.3 Å². The molecule has 1 amide bonds. The van der Waals surface area contributed by atoms with Crippen molar-refractivity contribution in [3.63, 3.8) is 0 Å². The number of halogens is 1. The lowest BCUT2D eigenvalue weighted by molar-refractivity contribution is 0.102. The van der Waals surface area contributed by atoms with Gasteiger partial charge in [0.1, 0.15) is 11.6 Å². The number of hydrogen-bond acceptors (Lipinski definition) is 5. The number of aromatic nitrogens is 4. The molecule has 0 saturated carbocycles. The number of methoxy groups -OCH3 is 1. The largest absolute Gasteiger partial charge is 0.495 e. The normalized spacial score (nSPS) is 10.5. The van der Waals surface area contributed by atoms with Gasteiger partial charge in [0.25, 0.3) is 5.91 Å². The third-order valence-electron chi connectivity index (χ3n) is 3.37. The Kier molecular flexibility index (Phi) is 4.43. The number of anilines is 1. The molecule has 0 radical (unpaired) electrons. The summed E-state index contributed by atoms with van der Waals surface area (Å²) in [6, 6.07) is 8.25. The van der Waals surface area contributed by atoms with Crippen LogP contribution in [0.4, 0.5) is 5.69 Å². The molecule has 0 spiro atoms. The second kappa shape index (κ2) is 6.67. The predicted octanol–water partition coefficient (Wildman–Crippen LogP) is 2.89. The Labute approximate surface area is 143 Å². The first kappa shape index (κ1) is 15.9. The Hall–Kier alpha value is -2.93. The molecule has 0 aliphatic rings. The third kappa shape index (κ3) is 3.21. The van der Waals surface area contributed by atoms with Crippen LogP contribution in [0, 0.1) is 6.92 Å². The average molecular weight is 344 g/mol. The predicted molar refractivity (Wildman–Crippen MR) is 89.8 cm³/mol. The first-order valence-electron chi connectivity index (χ1n) is 7.07. The molecule has 7 nitrogen and oxygen atoms in total. The van der Waals surface area contributed by atoms with Crippen molar-refractivity contribution in [2.24, 2.45) is 0 Å². The number of hydrogen-bond donors (Lipinski definition) is 1. The quantitative estimate of drug-likeness (QED) is 0.787. The summed E-state index contributed by atoms with van der Waals surface area (Å²) in [5.41, 5.74) is 0.643. The van der Waals surface area contributed by atoms with Gasteiger partial charge in [-0.15, -0.1) is 10.2 Å². The number of benzene rings is 1. The third-order valence-corrected chi connectivity index (χ3v) is 3.60. The fraction of sp³-hybridized carbons (Fsp3) is 0.125. The number of rotatable bonds is 4. The van der Waals surface area contributed by atoms with Crippen molar-refractivity contribution < 1.29 is 9.53 Å². The molecule has 0 atom stereocenters. The molecule has 3 rings (SSSR count). The minimum absolute atomic E-state index is 0.179. The maximum Gasteiger partial charge on any atom is 0.276 e. The first-order valence-corrected chi connectivity index (χ1v) is 7.45. The number of carbonyl (C=O) groups is 1. The zero-order valence-electron chi connectivity index (χ0n) is 13.0. The van der Waals surface area contributed by atoms with E-state index in [1.165, 1.54) is 7.11 Å². The van der Waals surface area contributed by atoms with E-state index < -0.39 is 5.91 Å². The lowest BCUT2D eigenvalue weighted by atomic mass is 10.2. The van der Waals surface area contributed by atoms with E-state index in [2.05, 4.69) is 20.5 Å². The molecule has 0 saturated heterocycles. The zero-order valence-corrected chi connectivity index (χ0v) is 13.8. The highest BCUT2D eigenvalue weighted by atomic mass is 35.5. The highest BCUT2D eigenvalue weighted by Crippen LogP contribution is 2.27. The summed E-state index contributed by atoms with van der Waals surface area (Å²) in [5, 5.41) is 11.2. The summed E-state index contributed by atoms with van der Waals surface area (Å²) in [4.78, 5) is 16.5. The number of nitrogens with zero attached hydrogens (tertiary/aromatic N) is 4. The van der Waals surface area contributed by atoms with Crippen molar-refractivity contribution in [3.05, 3.63) is 59.3 Å². The van der Waals surface area contributed by atoms with Crippen LogP contribution >= 0.6 is 11.6 Å². The number of ether oxygens (including phenoxy) is 1. The molecule has 24 heavy (non-hydrogen) atoms. The molecule has 0 aliphatic heterocycles. The van der Waals surface area contributed by atoms with E-state index >= 15 is 0 Å². The maximum atomic E-state index is 12.3. The number of imidazole rings is 1. The highest BCUT2D eigenvalue weighted by Gasteiger charge is 2.13. The minimum Gasteiger partial charge on any atom is -0.495 e. The van der Waals surface area contributed by atoms with Crippen LogP contribution in [0.5, 0.6) is 5.75 Å². The average Bonchev–Trinajstić information content (AvgIpc) is 3.01. The molecule has 0 unspecified atom stereocenters. The summed E-state index contributed by atoms with van der Waals surface area (Å²) in [5.74, 6) is 1.47. The van der Waals surface area contributed by atoms with Gasteiger partial charge in [-0.25, -0.2) is 4.98 Å². The Morgan fingerprint density at radius 2 is 2.08 bits per heavy atom. The molecule has 0 bridgehead atoms. The molecule has 122 valence electrons. The van der Waals surface area contributed by atoms with Crippen molar-refractivity contribution >= 4 is 23.2 Å². The zero-order chi connectivity index (χ0) is 17.1. The van der Waals surface area contributed by atoms with Gasteiger partial charge in [-0.05, 0) is 37.3 Å². The maximum absolute atomic E-state index is 12.3. The van der Waals surface area contributed by atoms with Gasteiger partial charge in [-0.1, -0.05) is 11.6 Å². The fourth-order valence-corrected chi connectivity index (χ4v) is 2.33. The van der Waals surface area contributed by atoms with Crippen LogP contribution in [0.2, 0.25) is 5.02 Å². The smallest absolute Gasteiger partial charge is 0.276 e. The molecule has 1 aromatic carbocycles. The molecule has 2 aromatic heterocycles. The Balaban J connectivity index is 1.81. The van der Waals surface area contributed by atoms with Crippen molar-refractivity contribution in [2.45, 2.75) is 6.92 Å². The van der Waals surface area contributed by atoms with E-state index in [1.54, 1.807) is 47.3 Å². The number of carbonyl (C=O) groups excluding carboxylic acids is 1. The van der Waals surface area contributed by atoms with Crippen LogP contribution in [-0.4, -0.2) is 32.8 Å². The summed E-state index contributed by atoms with van der Waals surface area (Å²) in [6.45, 7) is 1.85. The van der Waals surface area contributed by atoms with Gasteiger partial charge in [0.15, 0.2) is 11.5 Å². The van der Waals surface area contributed by atoms with E-state index in [0.717, 1.165) is 5.82 Å². The standard InChI is InChI=1S/C16H14ClN5O2/c1-10-18-7-8-22(10)15-6-4-12(20-21-15)16(23)19-13-9-11(17)3-5-14(13)24-2/h3-9H,1-2H3,(H,19,23). The molecular formula is C16H14ClN5O2. The minimum atomic E-state index is -0.406. The van der Waals surface area contributed by atoms with E-state index in [-0.39, 0.29) is 5.69 Å². The van der Waals surface area contributed by atoms with Crippen LogP contribution in [-0.2, 0) is 0 Å². The van der Waals surface area contributed by atoms with Crippen LogP contribution in [0.1, 0.15) is 16.3 Å². The highest BCUT2D eigenvalue weighted by molar-refractivity contribution is 6.31. The molecule has 8 heteroatoms. The first-order chi connectivity index (χ1) is 11.6. The topological polar surface area (TPSA) is 81.9 Å². The van der Waals surface area contributed by atoms with Crippen LogP contribution in [0.3, 0.4) is 0 Å². The van der Waals surface area contributed by atoms with Crippen LogP contribution < -0.4 is 10.1 Å². The molecule has 3 aromatic rings. The fourth-order valence-electron chi connectivity index (χ4n) is 2.16. The molecule has 2 heterocycles. The van der Waals surface area contributed by atoms with Crippen molar-refractivity contribution in [1.82, 2.24) is 19.7 Å². The van der Waals surface area contributed by atoms with Gasteiger partial charge in [-0.3, -0.25) is 9.36 Å². The molecular weight excluding hydrogens is 330 g/mol. The van der Waals surface area contributed by atoms with Crippen molar-refractivity contribution in [3.8, 4) is 11.6 Å². The summed E-state index contributed by atoms with van der Waals surface area (Å²) >= 11 is 5.95. The molecule has 0 aliphatic carbocycles. The summed E-state index contributed by atoms with van der Waals surface area (Å²) < 4.78 is 6.97. The van der Waals surface area contributed by atoms with E-state index in [4.69, 9.17) is 16.3 Å². The second-order valence-corrected chi connectivity index (χ2v) is 5.36. The van der Waals surface area contributed by atoms with Crippen molar-refractivity contribution in [1.29, 1.82) is 0 Å². The van der Waals surface area contributed by atoms with E-state index in [1.807, 2.05) is 6.92 Å². The van der Waals surface area contributed by atoms with Crippen LogP contribution in [0.25, 0.3) is 5.82 Å². The lowest BCUT2D eigenvalue weighted by Crippen LogP contribution is -2.15. The Morgan fingerprint density at radius 3 is 2.71 bits per heavy atom. The summed E-state index contributed by atoms with van der Waals surface area (Å²) in [6.07, 6.45) is 3.44. The number of amides is 1. The Bertz CT molecular complexity index is 876. The Morgan fingerprint density at radius 1 is 1.25 bits per heavy atom. The lowest BCUT2D eigenvalue weighted by Gasteiger charge is -2.10. The van der Waals surface area contributed by atoms with Gasteiger partial charge in [0, 0.05) is 17.4 Å². The molecule has 0 fully saturated rings. The van der Waals surface area contributed by atoms with Gasteiger partial charge in [0.05, 0.1) is 12.8 Å². The monoisotopic (exact) mass is 343 g/mol. The van der Waals surface area contributed by atoms with Crippen molar-refractivity contribution in [2.75, 3.05) is 12.4 Å².